The lowest BCUT2D eigenvalue weighted by molar-refractivity contribution is 0.0834. The Morgan fingerprint density at radius 1 is 1.38 bits per heavy atom. The highest BCUT2D eigenvalue weighted by Crippen LogP contribution is 2.33. The molecule has 7 nitrogen and oxygen atoms in total. The quantitative estimate of drug-likeness (QED) is 0.668. The number of carbonyl (C=O) groups excluding carboxylic acids is 1. The summed E-state index contributed by atoms with van der Waals surface area (Å²) < 4.78 is 11.1. The Balaban J connectivity index is 1.98. The first kappa shape index (κ1) is 20.5. The summed E-state index contributed by atoms with van der Waals surface area (Å²) in [5.41, 5.74) is 4.60. The predicted molar refractivity (Wildman–Crippen MR) is 113 cm³/mol. The molecule has 0 bridgehead atoms. The van der Waals surface area contributed by atoms with Gasteiger partial charge in [0.1, 0.15) is 0 Å². The van der Waals surface area contributed by atoms with E-state index in [1.165, 1.54) is 0 Å². The van der Waals surface area contributed by atoms with Gasteiger partial charge in [-0.3, -0.25) is 14.8 Å². The van der Waals surface area contributed by atoms with Crippen LogP contribution in [0.4, 0.5) is 0 Å². The Hall–Kier alpha value is -3.22. The van der Waals surface area contributed by atoms with Gasteiger partial charge in [-0.15, -0.1) is 0 Å². The molecule has 1 aliphatic rings. The molecule has 1 amide bonds. The number of hydrogen-bond donors (Lipinski definition) is 0. The highest BCUT2D eigenvalue weighted by molar-refractivity contribution is 6.03. The zero-order valence-electron chi connectivity index (χ0n) is 17.5. The fourth-order valence-corrected chi connectivity index (χ4v) is 3.32. The first-order valence-electron chi connectivity index (χ1n) is 9.62. The minimum Gasteiger partial charge on any atom is -0.491 e. The van der Waals surface area contributed by atoms with Gasteiger partial charge in [-0.05, 0) is 38.0 Å². The SMILES string of the molecule is C/C=C(\C=N/C)N1Cc2nc(-c3cnc(OCCC)c(OC)c3)cc(C)c2C1=O. The van der Waals surface area contributed by atoms with Crippen LogP contribution in [0.3, 0.4) is 0 Å². The Labute approximate surface area is 171 Å². The first-order chi connectivity index (χ1) is 14.0. The molecule has 2 aromatic rings. The van der Waals surface area contributed by atoms with Crippen LogP contribution in [-0.2, 0) is 6.54 Å². The minimum atomic E-state index is -0.0523. The average molecular weight is 394 g/mol. The van der Waals surface area contributed by atoms with Gasteiger partial charge in [-0.25, -0.2) is 4.98 Å². The molecule has 29 heavy (non-hydrogen) atoms. The number of rotatable bonds is 7. The number of ether oxygens (including phenoxy) is 2. The fraction of sp³-hybridized carbons (Fsp3) is 0.364. The molecule has 0 aromatic carbocycles. The van der Waals surface area contributed by atoms with Crippen molar-refractivity contribution in [1.29, 1.82) is 0 Å². The summed E-state index contributed by atoms with van der Waals surface area (Å²) in [6.45, 7) is 6.84. The van der Waals surface area contributed by atoms with Crippen molar-refractivity contribution in [2.24, 2.45) is 4.99 Å². The molecule has 152 valence electrons. The standard InChI is InChI=1S/C22H26N4O3/c1-6-8-29-21-19(28-5)10-15(11-24-21)17-9-14(3)20-18(25-17)13-26(22(20)27)16(7-2)12-23-4/h7,9-12H,6,8,13H2,1-5H3/b16-7+,23-12-. The monoisotopic (exact) mass is 394 g/mol. The van der Waals surface area contributed by atoms with Crippen molar-refractivity contribution in [2.45, 2.75) is 33.7 Å². The zero-order valence-corrected chi connectivity index (χ0v) is 17.5. The van der Waals surface area contributed by atoms with Crippen molar-refractivity contribution < 1.29 is 14.3 Å². The molecule has 0 atom stereocenters. The number of carbonyl (C=O) groups is 1. The van der Waals surface area contributed by atoms with Crippen molar-refractivity contribution in [1.82, 2.24) is 14.9 Å². The van der Waals surface area contributed by atoms with E-state index in [9.17, 15) is 4.79 Å². The fourth-order valence-electron chi connectivity index (χ4n) is 3.32. The number of amides is 1. The van der Waals surface area contributed by atoms with Gasteiger partial charge >= 0.3 is 0 Å². The van der Waals surface area contributed by atoms with E-state index in [2.05, 4.69) is 9.98 Å². The van der Waals surface area contributed by atoms with E-state index in [1.807, 2.05) is 39.0 Å². The van der Waals surface area contributed by atoms with Crippen LogP contribution in [0.2, 0.25) is 0 Å². The number of fused-ring (bicyclic) bond motifs is 1. The molecule has 0 radical (unpaired) electrons. The molecule has 0 fully saturated rings. The van der Waals surface area contributed by atoms with Crippen LogP contribution in [0.25, 0.3) is 11.3 Å². The van der Waals surface area contributed by atoms with Crippen LogP contribution in [0.1, 0.15) is 41.9 Å². The van der Waals surface area contributed by atoms with E-state index in [-0.39, 0.29) is 5.91 Å². The highest BCUT2D eigenvalue weighted by atomic mass is 16.5. The molecule has 3 rings (SSSR count). The maximum absolute atomic E-state index is 12.9. The summed E-state index contributed by atoms with van der Waals surface area (Å²) in [5, 5.41) is 0. The summed E-state index contributed by atoms with van der Waals surface area (Å²) in [7, 11) is 3.28. The van der Waals surface area contributed by atoms with Gasteiger partial charge in [-0.1, -0.05) is 13.0 Å². The second-order valence-corrected chi connectivity index (χ2v) is 6.72. The molecule has 0 aliphatic carbocycles. The van der Waals surface area contributed by atoms with Crippen molar-refractivity contribution in [3.8, 4) is 22.9 Å². The van der Waals surface area contributed by atoms with Crippen molar-refractivity contribution in [2.75, 3.05) is 20.8 Å². The largest absolute Gasteiger partial charge is 0.491 e. The Morgan fingerprint density at radius 3 is 2.83 bits per heavy atom. The third-order valence-electron chi connectivity index (χ3n) is 4.70. The lowest BCUT2D eigenvalue weighted by Gasteiger charge is -2.15. The maximum atomic E-state index is 12.9. The van der Waals surface area contributed by atoms with Gasteiger partial charge in [0.25, 0.3) is 11.8 Å². The summed E-state index contributed by atoms with van der Waals surface area (Å²) in [5.74, 6) is 0.974. The molecule has 0 saturated heterocycles. The maximum Gasteiger partial charge on any atom is 0.260 e. The Kier molecular flexibility index (Phi) is 6.26. The van der Waals surface area contributed by atoms with Gasteiger partial charge in [0, 0.05) is 25.0 Å². The van der Waals surface area contributed by atoms with E-state index in [4.69, 9.17) is 14.5 Å². The number of aliphatic imine (C=N–C) groups is 1. The average Bonchev–Trinajstić information content (AvgIpc) is 3.06. The second kappa shape index (κ2) is 8.86. The number of aryl methyl sites for hydroxylation is 1. The summed E-state index contributed by atoms with van der Waals surface area (Å²) in [6, 6.07) is 3.77. The van der Waals surface area contributed by atoms with Crippen LogP contribution in [0.15, 0.2) is 35.1 Å². The predicted octanol–water partition coefficient (Wildman–Crippen LogP) is 3.81. The molecule has 0 unspecified atom stereocenters. The third kappa shape index (κ3) is 3.99. The van der Waals surface area contributed by atoms with Crippen LogP contribution in [0, 0.1) is 6.92 Å². The van der Waals surface area contributed by atoms with Crippen LogP contribution in [-0.4, -0.2) is 47.8 Å². The number of methoxy groups -OCH3 is 1. The number of pyridine rings is 2. The van der Waals surface area contributed by atoms with Crippen molar-refractivity contribution in [3.63, 3.8) is 0 Å². The Bertz CT molecular complexity index is 982. The molecule has 2 aromatic heterocycles. The topological polar surface area (TPSA) is 76.9 Å². The van der Waals surface area contributed by atoms with Crippen molar-refractivity contribution >= 4 is 12.1 Å². The molecule has 7 heteroatoms. The summed E-state index contributed by atoms with van der Waals surface area (Å²) >= 11 is 0. The summed E-state index contributed by atoms with van der Waals surface area (Å²) in [4.78, 5) is 27.8. The summed E-state index contributed by atoms with van der Waals surface area (Å²) in [6.07, 6.45) is 6.16. The van der Waals surface area contributed by atoms with Gasteiger partial charge in [0.2, 0.25) is 0 Å². The van der Waals surface area contributed by atoms with Gasteiger partial charge < -0.3 is 14.4 Å². The zero-order chi connectivity index (χ0) is 21.0. The molecular formula is C22H26N4O3. The molecular weight excluding hydrogens is 368 g/mol. The first-order valence-corrected chi connectivity index (χ1v) is 9.62. The van der Waals surface area contributed by atoms with Gasteiger partial charge in [-0.2, -0.15) is 0 Å². The molecule has 0 N–H and O–H groups in total. The minimum absolute atomic E-state index is 0.0523. The number of nitrogens with zero attached hydrogens (tertiary/aromatic N) is 4. The lowest BCUT2D eigenvalue weighted by Crippen LogP contribution is -2.24. The van der Waals surface area contributed by atoms with Crippen LogP contribution in [0.5, 0.6) is 11.6 Å². The van der Waals surface area contributed by atoms with Crippen LogP contribution >= 0.6 is 0 Å². The van der Waals surface area contributed by atoms with E-state index >= 15 is 0 Å². The molecule has 0 spiro atoms. The molecule has 0 saturated carbocycles. The van der Waals surface area contributed by atoms with E-state index in [0.717, 1.165) is 34.6 Å². The Morgan fingerprint density at radius 2 is 2.17 bits per heavy atom. The second-order valence-electron chi connectivity index (χ2n) is 6.72. The normalized spacial score (nSPS) is 13.9. The van der Waals surface area contributed by atoms with Crippen molar-refractivity contribution in [3.05, 3.63) is 46.9 Å². The smallest absolute Gasteiger partial charge is 0.260 e. The van der Waals surface area contributed by atoms with Crippen LogP contribution < -0.4 is 9.47 Å². The van der Waals surface area contributed by atoms with E-state index in [0.29, 0.717) is 30.3 Å². The lowest BCUT2D eigenvalue weighted by atomic mass is 10.0. The van der Waals surface area contributed by atoms with E-state index in [1.54, 1.807) is 31.5 Å². The number of allylic oxidation sites excluding steroid dienone is 2. The number of hydrogen-bond acceptors (Lipinski definition) is 6. The van der Waals surface area contributed by atoms with E-state index < -0.39 is 0 Å². The highest BCUT2D eigenvalue weighted by Gasteiger charge is 2.32. The molecule has 3 heterocycles. The van der Waals surface area contributed by atoms with Gasteiger partial charge in [0.05, 0.1) is 42.9 Å². The number of aromatic nitrogens is 2. The third-order valence-corrected chi connectivity index (χ3v) is 4.70. The molecule has 1 aliphatic heterocycles. The van der Waals surface area contributed by atoms with Gasteiger partial charge in [0.15, 0.2) is 5.75 Å².